The van der Waals surface area contributed by atoms with Crippen molar-refractivity contribution in [3.05, 3.63) is 52.0 Å². The molecule has 0 aromatic carbocycles. The van der Waals surface area contributed by atoms with Crippen molar-refractivity contribution in [2.24, 2.45) is 0 Å². The quantitative estimate of drug-likeness (QED) is 0.817. The van der Waals surface area contributed by atoms with Gasteiger partial charge in [-0.3, -0.25) is 4.98 Å². The number of aryl methyl sites for hydroxylation is 1. The lowest BCUT2D eigenvalue weighted by atomic mass is 10.1. The second kappa shape index (κ2) is 3.90. The fourth-order valence-corrected chi connectivity index (χ4v) is 1.94. The number of aliphatic hydroxyl groups is 1. The maximum Gasteiger partial charge on any atom is 0.106 e. The van der Waals surface area contributed by atoms with Gasteiger partial charge in [0, 0.05) is 17.5 Å². The highest BCUT2D eigenvalue weighted by molar-refractivity contribution is 7.07. The number of rotatable bonds is 2. The third kappa shape index (κ3) is 1.84. The number of nitrogens with zero attached hydrogens (tertiary/aromatic N) is 1. The molecule has 0 spiro atoms. The molecular weight excluding hydrogens is 194 g/mol. The van der Waals surface area contributed by atoms with Crippen LogP contribution >= 0.6 is 11.3 Å². The van der Waals surface area contributed by atoms with E-state index in [4.69, 9.17) is 0 Å². The summed E-state index contributed by atoms with van der Waals surface area (Å²) in [5, 5.41) is 13.8. The second-order valence-corrected chi connectivity index (χ2v) is 3.97. The lowest BCUT2D eigenvalue weighted by Crippen LogP contribution is -1.98. The van der Waals surface area contributed by atoms with Crippen LogP contribution in [0, 0.1) is 6.92 Å². The standard InChI is InChI=1S/C11H11NOS/c1-8-2-3-9(6-12-8)11(13)10-4-5-14-7-10/h2-7,11,13H,1H3. The van der Waals surface area contributed by atoms with Crippen molar-refractivity contribution >= 4 is 11.3 Å². The molecule has 2 aromatic rings. The van der Waals surface area contributed by atoms with Gasteiger partial charge in [0.2, 0.25) is 0 Å². The predicted molar refractivity (Wildman–Crippen MR) is 57.4 cm³/mol. The highest BCUT2D eigenvalue weighted by atomic mass is 32.1. The van der Waals surface area contributed by atoms with E-state index in [1.165, 1.54) is 0 Å². The van der Waals surface area contributed by atoms with Crippen LogP contribution in [0.1, 0.15) is 22.9 Å². The van der Waals surface area contributed by atoms with Crippen LogP contribution < -0.4 is 0 Å². The summed E-state index contributed by atoms with van der Waals surface area (Å²) >= 11 is 1.59. The molecule has 3 heteroatoms. The van der Waals surface area contributed by atoms with Crippen molar-refractivity contribution < 1.29 is 5.11 Å². The zero-order valence-corrected chi connectivity index (χ0v) is 8.66. The van der Waals surface area contributed by atoms with E-state index < -0.39 is 6.10 Å². The predicted octanol–water partition coefficient (Wildman–Crippen LogP) is 2.53. The Balaban J connectivity index is 2.28. The van der Waals surface area contributed by atoms with Crippen molar-refractivity contribution in [1.29, 1.82) is 0 Å². The molecule has 0 bridgehead atoms. The molecule has 1 N–H and O–H groups in total. The van der Waals surface area contributed by atoms with Crippen LogP contribution in [0.5, 0.6) is 0 Å². The van der Waals surface area contributed by atoms with Gasteiger partial charge in [0.25, 0.3) is 0 Å². The zero-order chi connectivity index (χ0) is 9.97. The number of hydrogen-bond acceptors (Lipinski definition) is 3. The first-order chi connectivity index (χ1) is 6.77. The molecule has 2 heterocycles. The van der Waals surface area contributed by atoms with E-state index in [9.17, 15) is 5.11 Å². The van der Waals surface area contributed by atoms with Gasteiger partial charge in [-0.05, 0) is 35.4 Å². The second-order valence-electron chi connectivity index (χ2n) is 3.19. The fraction of sp³-hybridized carbons (Fsp3) is 0.182. The molecular formula is C11H11NOS. The average molecular weight is 205 g/mol. The maximum absolute atomic E-state index is 9.94. The molecule has 1 unspecified atom stereocenters. The molecule has 2 nitrogen and oxygen atoms in total. The first-order valence-electron chi connectivity index (χ1n) is 4.40. The molecule has 0 aliphatic carbocycles. The van der Waals surface area contributed by atoms with E-state index in [1.54, 1.807) is 17.5 Å². The van der Waals surface area contributed by atoms with Crippen LogP contribution in [0.2, 0.25) is 0 Å². The number of pyridine rings is 1. The van der Waals surface area contributed by atoms with E-state index in [2.05, 4.69) is 4.98 Å². The monoisotopic (exact) mass is 205 g/mol. The van der Waals surface area contributed by atoms with Gasteiger partial charge in [0.05, 0.1) is 0 Å². The first-order valence-corrected chi connectivity index (χ1v) is 5.34. The summed E-state index contributed by atoms with van der Waals surface area (Å²) in [5.74, 6) is 0. The third-order valence-corrected chi connectivity index (χ3v) is 2.81. The van der Waals surface area contributed by atoms with Gasteiger partial charge < -0.3 is 5.11 Å². The summed E-state index contributed by atoms with van der Waals surface area (Å²) in [6.45, 7) is 1.93. The summed E-state index contributed by atoms with van der Waals surface area (Å²) in [6.07, 6.45) is 1.17. The van der Waals surface area contributed by atoms with Crippen LogP contribution in [0.15, 0.2) is 35.2 Å². The van der Waals surface area contributed by atoms with Gasteiger partial charge in [0.1, 0.15) is 6.10 Å². The van der Waals surface area contributed by atoms with E-state index in [0.29, 0.717) is 0 Å². The van der Waals surface area contributed by atoms with Crippen LogP contribution in [0.3, 0.4) is 0 Å². The van der Waals surface area contributed by atoms with Crippen molar-refractivity contribution in [2.75, 3.05) is 0 Å². The van der Waals surface area contributed by atoms with Crippen molar-refractivity contribution in [1.82, 2.24) is 4.98 Å². The van der Waals surface area contributed by atoms with Crippen molar-refractivity contribution in [3.63, 3.8) is 0 Å². The molecule has 0 saturated carbocycles. The van der Waals surface area contributed by atoms with E-state index in [1.807, 2.05) is 35.9 Å². The number of thiophene rings is 1. The summed E-state index contributed by atoms with van der Waals surface area (Å²) in [6, 6.07) is 5.74. The van der Waals surface area contributed by atoms with E-state index in [-0.39, 0.29) is 0 Å². The molecule has 0 fully saturated rings. The van der Waals surface area contributed by atoms with Gasteiger partial charge in [-0.25, -0.2) is 0 Å². The Morgan fingerprint density at radius 2 is 2.14 bits per heavy atom. The van der Waals surface area contributed by atoms with Crippen LogP contribution in [0.25, 0.3) is 0 Å². The topological polar surface area (TPSA) is 33.1 Å². The summed E-state index contributed by atoms with van der Waals surface area (Å²) in [5.41, 5.74) is 2.74. The van der Waals surface area contributed by atoms with Crippen LogP contribution in [-0.2, 0) is 0 Å². The highest BCUT2D eigenvalue weighted by Gasteiger charge is 2.10. The number of hydrogen-bond donors (Lipinski definition) is 1. The smallest absolute Gasteiger partial charge is 0.106 e. The van der Waals surface area contributed by atoms with Gasteiger partial charge in [0.15, 0.2) is 0 Å². The van der Waals surface area contributed by atoms with Gasteiger partial charge in [-0.2, -0.15) is 11.3 Å². The molecule has 0 amide bonds. The molecule has 14 heavy (non-hydrogen) atoms. The summed E-state index contributed by atoms with van der Waals surface area (Å²) < 4.78 is 0. The Morgan fingerprint density at radius 3 is 2.71 bits per heavy atom. The maximum atomic E-state index is 9.94. The minimum absolute atomic E-state index is 0.547. The third-order valence-electron chi connectivity index (χ3n) is 2.11. The van der Waals surface area contributed by atoms with E-state index in [0.717, 1.165) is 16.8 Å². The molecule has 1 atom stereocenters. The summed E-state index contributed by atoms with van der Waals surface area (Å²) in [4.78, 5) is 4.15. The largest absolute Gasteiger partial charge is 0.384 e. The average Bonchev–Trinajstić information content (AvgIpc) is 2.71. The van der Waals surface area contributed by atoms with Crippen molar-refractivity contribution in [2.45, 2.75) is 13.0 Å². The molecule has 0 saturated heterocycles. The van der Waals surface area contributed by atoms with Crippen LogP contribution in [0.4, 0.5) is 0 Å². The molecule has 0 radical (unpaired) electrons. The Bertz CT molecular complexity index is 394. The Hall–Kier alpha value is -1.19. The van der Waals surface area contributed by atoms with E-state index >= 15 is 0 Å². The SMILES string of the molecule is Cc1ccc(C(O)c2ccsc2)cn1. The number of aromatic nitrogens is 1. The minimum Gasteiger partial charge on any atom is -0.384 e. The van der Waals surface area contributed by atoms with Crippen molar-refractivity contribution in [3.8, 4) is 0 Å². The molecule has 2 rings (SSSR count). The van der Waals surface area contributed by atoms with Gasteiger partial charge in [-0.1, -0.05) is 6.07 Å². The molecule has 0 aliphatic rings. The fourth-order valence-electron chi connectivity index (χ4n) is 1.26. The molecule has 2 aromatic heterocycles. The Morgan fingerprint density at radius 1 is 1.29 bits per heavy atom. The first kappa shape index (κ1) is 9.37. The van der Waals surface area contributed by atoms with Gasteiger partial charge in [-0.15, -0.1) is 0 Å². The molecule has 0 aliphatic heterocycles. The Labute approximate surface area is 86.9 Å². The minimum atomic E-state index is -0.547. The lowest BCUT2D eigenvalue weighted by Gasteiger charge is -2.08. The van der Waals surface area contributed by atoms with Crippen LogP contribution in [-0.4, -0.2) is 10.1 Å². The number of aliphatic hydroxyl groups excluding tert-OH is 1. The lowest BCUT2D eigenvalue weighted by molar-refractivity contribution is 0.220. The van der Waals surface area contributed by atoms with Gasteiger partial charge >= 0.3 is 0 Å². The zero-order valence-electron chi connectivity index (χ0n) is 7.84. The highest BCUT2D eigenvalue weighted by Crippen LogP contribution is 2.22. The normalized spacial score (nSPS) is 12.7. The summed E-state index contributed by atoms with van der Waals surface area (Å²) in [7, 11) is 0. The molecule has 72 valence electrons. The Kier molecular flexibility index (Phi) is 2.61.